The smallest absolute Gasteiger partial charge is 0.0659 e. The van der Waals surface area contributed by atoms with Gasteiger partial charge >= 0.3 is 0 Å². The average molecular weight is 174 g/mol. The summed E-state index contributed by atoms with van der Waals surface area (Å²) in [4.78, 5) is 0. The van der Waals surface area contributed by atoms with Crippen LogP contribution in [-0.2, 0) is 0 Å². The highest BCUT2D eigenvalue weighted by atomic mass is 32.2. The Balaban J connectivity index is 1.96. The van der Waals surface area contributed by atoms with Crippen LogP contribution in [0.15, 0.2) is 0 Å². The molecule has 11 heavy (non-hydrogen) atoms. The number of hydrogen-bond donors (Lipinski definition) is 2. The van der Waals surface area contributed by atoms with Crippen molar-refractivity contribution in [2.24, 2.45) is 0 Å². The van der Waals surface area contributed by atoms with Gasteiger partial charge in [0.1, 0.15) is 0 Å². The first-order valence-electron chi connectivity index (χ1n) is 4.49. The molecule has 0 spiro atoms. The van der Waals surface area contributed by atoms with Gasteiger partial charge in [-0.3, -0.25) is 0 Å². The van der Waals surface area contributed by atoms with Crippen LogP contribution < -0.4 is 10.6 Å². The third-order valence-corrected chi connectivity index (χ3v) is 3.01. The van der Waals surface area contributed by atoms with Gasteiger partial charge in [0.25, 0.3) is 0 Å². The van der Waals surface area contributed by atoms with Crippen LogP contribution in [0, 0.1) is 0 Å². The van der Waals surface area contributed by atoms with E-state index in [1.54, 1.807) is 0 Å². The minimum atomic E-state index is 0.662. The molecule has 0 amide bonds. The molecule has 0 radical (unpaired) electrons. The normalized spacial score (nSPS) is 25.4. The summed E-state index contributed by atoms with van der Waals surface area (Å²) in [6.07, 6.45) is 2.59. The predicted molar refractivity (Wildman–Crippen MR) is 52.0 cm³/mol. The van der Waals surface area contributed by atoms with E-state index in [-0.39, 0.29) is 0 Å². The molecule has 3 heteroatoms. The van der Waals surface area contributed by atoms with Gasteiger partial charge < -0.3 is 10.6 Å². The molecule has 1 saturated heterocycles. The highest BCUT2D eigenvalue weighted by molar-refractivity contribution is 7.99. The molecule has 0 aromatic rings. The quantitative estimate of drug-likeness (QED) is 0.623. The standard InChI is InChI=1S/C8H18N2S/c1-2-3-4-10-8-7-9-5-6-11-8/h8-10H,2-7H2,1H3. The second kappa shape index (κ2) is 5.86. The second-order valence-corrected chi connectivity index (χ2v) is 4.18. The maximum absolute atomic E-state index is 3.52. The van der Waals surface area contributed by atoms with Crippen molar-refractivity contribution in [2.75, 3.05) is 25.4 Å². The number of thioether (sulfide) groups is 1. The van der Waals surface area contributed by atoms with Crippen LogP contribution in [0.25, 0.3) is 0 Å². The molecule has 0 saturated carbocycles. The van der Waals surface area contributed by atoms with Crippen LogP contribution in [0.5, 0.6) is 0 Å². The van der Waals surface area contributed by atoms with Gasteiger partial charge in [-0.15, -0.1) is 11.8 Å². The summed E-state index contributed by atoms with van der Waals surface area (Å²) < 4.78 is 0. The molecule has 0 bridgehead atoms. The maximum Gasteiger partial charge on any atom is 0.0659 e. The highest BCUT2D eigenvalue weighted by Crippen LogP contribution is 2.09. The minimum absolute atomic E-state index is 0.662. The lowest BCUT2D eigenvalue weighted by atomic mass is 10.3. The van der Waals surface area contributed by atoms with Gasteiger partial charge in [-0.2, -0.15) is 0 Å². The van der Waals surface area contributed by atoms with Gasteiger partial charge in [-0.25, -0.2) is 0 Å². The molecule has 1 rings (SSSR count). The summed E-state index contributed by atoms with van der Waals surface area (Å²) in [5.74, 6) is 1.25. The Morgan fingerprint density at radius 2 is 2.55 bits per heavy atom. The van der Waals surface area contributed by atoms with E-state index < -0.39 is 0 Å². The number of hydrogen-bond acceptors (Lipinski definition) is 3. The van der Waals surface area contributed by atoms with Crippen molar-refractivity contribution in [2.45, 2.75) is 25.1 Å². The fourth-order valence-corrected chi connectivity index (χ4v) is 2.15. The van der Waals surface area contributed by atoms with Gasteiger partial charge in [0.05, 0.1) is 5.37 Å². The van der Waals surface area contributed by atoms with Crippen LogP contribution in [0.3, 0.4) is 0 Å². The van der Waals surface area contributed by atoms with Crippen molar-refractivity contribution in [1.29, 1.82) is 0 Å². The van der Waals surface area contributed by atoms with E-state index in [1.807, 2.05) is 11.8 Å². The van der Waals surface area contributed by atoms with Gasteiger partial charge in [-0.1, -0.05) is 13.3 Å². The molecule has 1 atom stereocenters. The minimum Gasteiger partial charge on any atom is -0.314 e. The summed E-state index contributed by atoms with van der Waals surface area (Å²) >= 11 is 2.04. The van der Waals surface area contributed by atoms with Crippen molar-refractivity contribution in [3.05, 3.63) is 0 Å². The Hall–Kier alpha value is 0.270. The molecule has 2 N–H and O–H groups in total. The number of nitrogens with one attached hydrogen (secondary N) is 2. The van der Waals surface area contributed by atoms with Crippen molar-refractivity contribution in [3.8, 4) is 0 Å². The summed E-state index contributed by atoms with van der Waals surface area (Å²) in [5.41, 5.74) is 0. The van der Waals surface area contributed by atoms with Crippen LogP contribution in [0.1, 0.15) is 19.8 Å². The number of rotatable bonds is 4. The SMILES string of the molecule is CCCCNC1CNCCS1. The fraction of sp³-hybridized carbons (Fsp3) is 1.00. The van der Waals surface area contributed by atoms with Crippen molar-refractivity contribution in [1.82, 2.24) is 10.6 Å². The van der Waals surface area contributed by atoms with E-state index in [1.165, 1.54) is 31.7 Å². The topological polar surface area (TPSA) is 24.1 Å². The molecule has 1 heterocycles. The Labute approximate surface area is 73.5 Å². The Bertz CT molecular complexity index is 92.1. The van der Waals surface area contributed by atoms with E-state index >= 15 is 0 Å². The van der Waals surface area contributed by atoms with E-state index in [2.05, 4.69) is 17.6 Å². The molecule has 1 aliphatic rings. The molecule has 0 aromatic carbocycles. The summed E-state index contributed by atoms with van der Waals surface area (Å²) in [6.45, 7) is 5.72. The number of unbranched alkanes of at least 4 members (excludes halogenated alkanes) is 1. The summed E-state index contributed by atoms with van der Waals surface area (Å²) in [7, 11) is 0. The van der Waals surface area contributed by atoms with Crippen LogP contribution in [-0.4, -0.2) is 30.8 Å². The van der Waals surface area contributed by atoms with Gasteiger partial charge in [-0.05, 0) is 13.0 Å². The first-order chi connectivity index (χ1) is 5.43. The van der Waals surface area contributed by atoms with Crippen molar-refractivity contribution >= 4 is 11.8 Å². The third kappa shape index (κ3) is 3.99. The lowest BCUT2D eigenvalue weighted by Crippen LogP contribution is -2.41. The average Bonchev–Trinajstić information content (AvgIpc) is 2.07. The highest BCUT2D eigenvalue weighted by Gasteiger charge is 2.10. The zero-order valence-electron chi connectivity index (χ0n) is 7.23. The first-order valence-corrected chi connectivity index (χ1v) is 5.54. The summed E-state index contributed by atoms with van der Waals surface area (Å²) in [6, 6.07) is 0. The Kier molecular flexibility index (Phi) is 4.99. The van der Waals surface area contributed by atoms with Crippen LogP contribution >= 0.6 is 11.8 Å². The Morgan fingerprint density at radius 1 is 1.64 bits per heavy atom. The monoisotopic (exact) mass is 174 g/mol. The largest absolute Gasteiger partial charge is 0.314 e. The third-order valence-electron chi connectivity index (χ3n) is 1.83. The van der Waals surface area contributed by atoms with E-state index in [0.717, 1.165) is 6.54 Å². The maximum atomic E-state index is 3.52. The van der Waals surface area contributed by atoms with Crippen LogP contribution in [0.4, 0.5) is 0 Å². The zero-order chi connectivity index (χ0) is 7.94. The van der Waals surface area contributed by atoms with Crippen molar-refractivity contribution in [3.63, 3.8) is 0 Å². The predicted octanol–water partition coefficient (Wildman–Crippen LogP) is 1.04. The first kappa shape index (κ1) is 9.36. The zero-order valence-corrected chi connectivity index (χ0v) is 8.04. The molecule has 1 aliphatic heterocycles. The lowest BCUT2D eigenvalue weighted by Gasteiger charge is -2.23. The van der Waals surface area contributed by atoms with Gasteiger partial charge in [0, 0.05) is 18.8 Å². The Morgan fingerprint density at radius 3 is 3.18 bits per heavy atom. The molecule has 1 unspecified atom stereocenters. The molecule has 0 aromatic heterocycles. The summed E-state index contributed by atoms with van der Waals surface area (Å²) in [5, 5.41) is 7.56. The molecular weight excluding hydrogens is 156 g/mol. The molecular formula is C8H18N2S. The van der Waals surface area contributed by atoms with E-state index in [9.17, 15) is 0 Å². The molecule has 2 nitrogen and oxygen atoms in total. The van der Waals surface area contributed by atoms with Gasteiger partial charge in [0.15, 0.2) is 0 Å². The van der Waals surface area contributed by atoms with Crippen molar-refractivity contribution < 1.29 is 0 Å². The van der Waals surface area contributed by atoms with E-state index in [0.29, 0.717) is 5.37 Å². The fourth-order valence-electron chi connectivity index (χ4n) is 1.14. The lowest BCUT2D eigenvalue weighted by molar-refractivity contribution is 0.562. The second-order valence-electron chi connectivity index (χ2n) is 2.87. The van der Waals surface area contributed by atoms with E-state index in [4.69, 9.17) is 0 Å². The molecule has 0 aliphatic carbocycles. The van der Waals surface area contributed by atoms with Gasteiger partial charge in [0.2, 0.25) is 0 Å². The molecule has 1 fully saturated rings. The molecule has 66 valence electrons. The van der Waals surface area contributed by atoms with Crippen LogP contribution in [0.2, 0.25) is 0 Å².